The molecular weight excluding hydrogens is 895 g/mol. The lowest BCUT2D eigenvalue weighted by atomic mass is 10.00. The highest BCUT2D eigenvalue weighted by Crippen LogP contribution is 2.14. The third-order valence-corrected chi connectivity index (χ3v) is 10.6. The Morgan fingerprint density at radius 3 is 1.83 bits per heavy atom. The summed E-state index contributed by atoms with van der Waals surface area (Å²) in [4.78, 5) is 125. The fourth-order valence-electron chi connectivity index (χ4n) is 7.25. The number of benzene rings is 1. The predicted octanol–water partition coefficient (Wildman–Crippen LogP) is 1.84. The molecular formula is C48H79N9O12. The number of nitrogens with zero attached hydrogens (tertiary/aromatic N) is 1. The zero-order chi connectivity index (χ0) is 52.1. The number of alkyl carbamates (subject to hydrolysis) is 2. The summed E-state index contributed by atoms with van der Waals surface area (Å²) in [5.74, 6) is -5.55. The van der Waals surface area contributed by atoms with Crippen LogP contribution in [-0.4, -0.2) is 144 Å². The first-order valence-electron chi connectivity index (χ1n) is 23.9. The van der Waals surface area contributed by atoms with Gasteiger partial charge >= 0.3 is 12.2 Å². The first-order valence-corrected chi connectivity index (χ1v) is 23.9. The average Bonchev–Trinajstić information content (AvgIpc) is 3.23. The molecule has 1 aliphatic rings. The van der Waals surface area contributed by atoms with Crippen LogP contribution in [0.2, 0.25) is 0 Å². The smallest absolute Gasteiger partial charge is 0.407 e. The van der Waals surface area contributed by atoms with Gasteiger partial charge < -0.3 is 62.0 Å². The minimum Gasteiger partial charge on any atom is -0.444 e. The lowest BCUT2D eigenvalue weighted by Gasteiger charge is -2.33. The summed E-state index contributed by atoms with van der Waals surface area (Å²) in [6.07, 6.45) is -0.981. The maximum Gasteiger partial charge on any atom is 0.407 e. The molecule has 388 valence electrons. The number of rotatable bonds is 14. The van der Waals surface area contributed by atoms with Crippen LogP contribution in [0.25, 0.3) is 0 Å². The molecule has 7 atom stereocenters. The van der Waals surface area contributed by atoms with Crippen LogP contribution in [0.3, 0.4) is 0 Å². The van der Waals surface area contributed by atoms with Gasteiger partial charge in [-0.2, -0.15) is 0 Å². The Morgan fingerprint density at radius 2 is 1.25 bits per heavy atom. The molecule has 9 amide bonds. The van der Waals surface area contributed by atoms with Crippen LogP contribution in [0, 0.1) is 5.92 Å². The summed E-state index contributed by atoms with van der Waals surface area (Å²) >= 11 is 0. The lowest BCUT2D eigenvalue weighted by molar-refractivity contribution is -0.145. The number of amides is 9. The number of aliphatic hydroxyl groups is 1. The molecule has 21 heteroatoms. The van der Waals surface area contributed by atoms with Crippen LogP contribution in [0.1, 0.15) is 126 Å². The van der Waals surface area contributed by atoms with E-state index in [1.165, 1.54) is 14.0 Å². The molecule has 1 aromatic rings. The second kappa shape index (κ2) is 28.5. The van der Waals surface area contributed by atoms with E-state index in [9.17, 15) is 48.3 Å². The van der Waals surface area contributed by atoms with Crippen molar-refractivity contribution in [3.63, 3.8) is 0 Å². The average molecular weight is 974 g/mol. The zero-order valence-corrected chi connectivity index (χ0v) is 42.4. The summed E-state index contributed by atoms with van der Waals surface area (Å²) in [7, 11) is 1.24. The van der Waals surface area contributed by atoms with Crippen molar-refractivity contribution in [2.24, 2.45) is 5.92 Å². The molecule has 0 aromatic heterocycles. The summed E-state index contributed by atoms with van der Waals surface area (Å²) in [6.45, 7) is 15.9. The lowest BCUT2D eigenvalue weighted by Crippen LogP contribution is -2.62. The molecule has 9 N–H and O–H groups in total. The summed E-state index contributed by atoms with van der Waals surface area (Å²) in [6, 6.07) is 0.648. The minimum absolute atomic E-state index is 0.00862. The van der Waals surface area contributed by atoms with E-state index >= 15 is 0 Å². The first-order chi connectivity index (χ1) is 32.2. The van der Waals surface area contributed by atoms with E-state index in [0.717, 1.165) is 17.7 Å². The standard InChI is InChI=1S/C48H79N9O12/c1-12-13-15-21-32-39(60)55-35(27-31-19-16-14-17-20-31)41(62)54-34(26-29(2)3)40(61)56-36(28-51-46(67)69-48(8,9)10)42(63)53-33(23-25-50-45(66)68-47(5,6)7)44(65)57(11)38(30(4)58)43(64)49-24-18-22-37(59)52-32/h14,16-17,19-20,29-30,32-36,38,58H,12-13,15,18,21-28H2,1-11H3,(H,49,64)(H,50,66)(H,51,67)(H,52,59)(H,53,63)(H,54,62)(H,55,60)(H,56,61)/t30-,32+,33+,34+,35-,36+,38?/m1/s1. The van der Waals surface area contributed by atoms with Crippen molar-refractivity contribution in [3.05, 3.63) is 35.9 Å². The molecule has 1 aromatic carbocycles. The zero-order valence-electron chi connectivity index (χ0n) is 42.4. The van der Waals surface area contributed by atoms with Crippen molar-refractivity contribution in [1.29, 1.82) is 0 Å². The Hall–Kier alpha value is -5.99. The molecule has 2 rings (SSSR count). The Bertz CT molecular complexity index is 1880. The van der Waals surface area contributed by atoms with Crippen LogP contribution >= 0.6 is 0 Å². The number of aliphatic hydroxyl groups excluding tert-OH is 1. The van der Waals surface area contributed by atoms with Crippen molar-refractivity contribution in [2.45, 2.75) is 181 Å². The number of carbonyl (C=O) groups excluding carboxylic acids is 9. The minimum atomic E-state index is -1.62. The van der Waals surface area contributed by atoms with Crippen molar-refractivity contribution >= 4 is 53.5 Å². The van der Waals surface area contributed by atoms with Gasteiger partial charge in [0.2, 0.25) is 41.4 Å². The van der Waals surface area contributed by atoms with Gasteiger partial charge in [-0.3, -0.25) is 33.6 Å². The van der Waals surface area contributed by atoms with Gasteiger partial charge in [-0.25, -0.2) is 9.59 Å². The largest absolute Gasteiger partial charge is 0.444 e. The molecule has 0 aliphatic carbocycles. The maximum absolute atomic E-state index is 14.4. The normalized spacial score (nSPS) is 22.7. The van der Waals surface area contributed by atoms with Gasteiger partial charge in [0.05, 0.1) is 12.6 Å². The van der Waals surface area contributed by atoms with Gasteiger partial charge in [0.15, 0.2) is 0 Å². The van der Waals surface area contributed by atoms with Crippen molar-refractivity contribution in [2.75, 3.05) is 26.7 Å². The first kappa shape index (κ1) is 59.1. The summed E-state index contributed by atoms with van der Waals surface area (Å²) < 4.78 is 10.7. The number of carbonyl (C=O) groups is 9. The van der Waals surface area contributed by atoms with E-state index < -0.39 is 114 Å². The van der Waals surface area contributed by atoms with Gasteiger partial charge in [0.1, 0.15) is 47.5 Å². The van der Waals surface area contributed by atoms with E-state index in [2.05, 4.69) is 42.5 Å². The number of hydrogen-bond donors (Lipinski definition) is 9. The molecule has 1 aliphatic heterocycles. The second-order valence-electron chi connectivity index (χ2n) is 19.8. The highest BCUT2D eigenvalue weighted by atomic mass is 16.6. The molecule has 1 fully saturated rings. The van der Waals surface area contributed by atoms with E-state index in [4.69, 9.17) is 9.47 Å². The van der Waals surface area contributed by atoms with Gasteiger partial charge in [-0.1, -0.05) is 70.4 Å². The molecule has 0 spiro atoms. The Kier molecular flexibility index (Phi) is 24.4. The number of nitrogens with one attached hydrogen (secondary N) is 8. The highest BCUT2D eigenvalue weighted by molar-refractivity contribution is 5.97. The number of unbranched alkanes of at least 4 members (excludes halogenated alkanes) is 2. The third kappa shape index (κ3) is 22.8. The van der Waals surface area contributed by atoms with Gasteiger partial charge in [-0.05, 0) is 85.6 Å². The van der Waals surface area contributed by atoms with Crippen molar-refractivity contribution < 1.29 is 57.7 Å². The van der Waals surface area contributed by atoms with Crippen molar-refractivity contribution in [1.82, 2.24) is 47.4 Å². The Morgan fingerprint density at radius 1 is 0.710 bits per heavy atom. The molecule has 0 bridgehead atoms. The number of likely N-dealkylation sites (N-methyl/N-ethyl adjacent to an activating group) is 1. The van der Waals surface area contributed by atoms with Gasteiger partial charge in [0.25, 0.3) is 0 Å². The monoisotopic (exact) mass is 974 g/mol. The molecule has 1 heterocycles. The van der Waals surface area contributed by atoms with Gasteiger partial charge in [-0.15, -0.1) is 0 Å². The molecule has 0 radical (unpaired) electrons. The SMILES string of the molecule is CCCCC[C@@H]1NC(=O)CCCNC(=O)C([C@@H](C)O)N(C)C(=O)[C@H](CCNC(=O)OC(C)(C)C)NC(=O)[C@H](CNC(=O)OC(C)(C)C)NC(=O)[C@H](CC(C)C)NC(=O)[C@@H](Cc2ccccc2)NC1=O. The van der Waals surface area contributed by atoms with Crippen LogP contribution in [0.15, 0.2) is 30.3 Å². The number of hydrogen-bond acceptors (Lipinski definition) is 12. The predicted molar refractivity (Wildman–Crippen MR) is 257 cm³/mol. The van der Waals surface area contributed by atoms with E-state index in [1.807, 2.05) is 20.8 Å². The van der Waals surface area contributed by atoms with Crippen LogP contribution in [-0.2, 0) is 49.5 Å². The van der Waals surface area contributed by atoms with Crippen molar-refractivity contribution in [3.8, 4) is 0 Å². The fraction of sp³-hybridized carbons (Fsp3) is 0.688. The number of ether oxygens (including phenoxy) is 2. The van der Waals surface area contributed by atoms with Gasteiger partial charge in [0, 0.05) is 33.0 Å². The summed E-state index contributed by atoms with van der Waals surface area (Å²) in [5, 5.41) is 32.0. The highest BCUT2D eigenvalue weighted by Gasteiger charge is 2.38. The molecule has 1 unspecified atom stereocenters. The van der Waals surface area contributed by atoms with Crippen LogP contribution < -0.4 is 42.5 Å². The topological polar surface area (TPSA) is 292 Å². The van der Waals surface area contributed by atoms with Crippen LogP contribution in [0.5, 0.6) is 0 Å². The molecule has 21 nitrogen and oxygen atoms in total. The molecule has 69 heavy (non-hydrogen) atoms. The molecule has 0 saturated carbocycles. The van der Waals surface area contributed by atoms with Crippen LogP contribution in [0.4, 0.5) is 9.59 Å². The van der Waals surface area contributed by atoms with E-state index in [1.54, 1.807) is 71.9 Å². The second-order valence-corrected chi connectivity index (χ2v) is 19.8. The van der Waals surface area contributed by atoms with E-state index in [0.29, 0.717) is 12.0 Å². The Balaban J connectivity index is 2.75. The maximum atomic E-state index is 14.4. The molecule has 1 saturated heterocycles. The Labute approximate surface area is 406 Å². The summed E-state index contributed by atoms with van der Waals surface area (Å²) in [5.41, 5.74) is -1.12. The van der Waals surface area contributed by atoms with E-state index in [-0.39, 0.29) is 57.5 Å². The third-order valence-electron chi connectivity index (χ3n) is 10.6. The fourth-order valence-corrected chi connectivity index (χ4v) is 7.25. The quantitative estimate of drug-likeness (QED) is 0.121.